The van der Waals surface area contributed by atoms with E-state index in [2.05, 4.69) is 4.98 Å². The Morgan fingerprint density at radius 3 is 2.57 bits per heavy atom. The van der Waals surface area contributed by atoms with Crippen molar-refractivity contribution in [2.45, 2.75) is 39.1 Å². The molecule has 3 aromatic rings. The molecular formula is C25H23F3N4O3. The molecule has 7 nitrogen and oxygen atoms in total. The summed E-state index contributed by atoms with van der Waals surface area (Å²) in [6.07, 6.45) is 0.517. The highest BCUT2D eigenvalue weighted by Gasteiger charge is 2.35. The Balaban J connectivity index is 1.47. The minimum Gasteiger partial charge on any atom is -0.483 e. The van der Waals surface area contributed by atoms with Gasteiger partial charge in [-0.3, -0.25) is 9.59 Å². The summed E-state index contributed by atoms with van der Waals surface area (Å²) in [7, 11) is 0. The van der Waals surface area contributed by atoms with Gasteiger partial charge in [-0.1, -0.05) is 0 Å². The molecule has 0 saturated carbocycles. The zero-order chi connectivity index (χ0) is 25.1. The number of aromatic nitrogens is 3. The molecule has 5 rings (SSSR count). The third kappa shape index (κ3) is 4.13. The Labute approximate surface area is 199 Å². The van der Waals surface area contributed by atoms with Crippen molar-refractivity contribution in [3.8, 4) is 11.4 Å². The minimum atomic E-state index is -4.50. The normalized spacial score (nSPS) is 16.9. The number of benzene rings is 1. The molecule has 182 valence electrons. The fourth-order valence-corrected chi connectivity index (χ4v) is 4.55. The van der Waals surface area contributed by atoms with E-state index in [0.717, 1.165) is 17.8 Å². The van der Waals surface area contributed by atoms with Crippen LogP contribution in [0.15, 0.2) is 53.7 Å². The zero-order valence-electron chi connectivity index (χ0n) is 19.4. The SMILES string of the molecule is Cc1cn(-c2ccc3n(c2=O)CCN(CC2=CC(C)(C)Oc4ccc(C(F)(F)F)cc42)C3=O)cn1. The summed E-state index contributed by atoms with van der Waals surface area (Å²) >= 11 is 0. The van der Waals surface area contributed by atoms with E-state index in [1.54, 1.807) is 54.0 Å². The van der Waals surface area contributed by atoms with Gasteiger partial charge in [0.2, 0.25) is 0 Å². The van der Waals surface area contributed by atoms with Crippen LogP contribution in [-0.4, -0.2) is 43.6 Å². The Morgan fingerprint density at radius 2 is 1.89 bits per heavy atom. The van der Waals surface area contributed by atoms with Crippen molar-refractivity contribution in [2.24, 2.45) is 0 Å². The molecule has 0 unspecified atom stereocenters. The minimum absolute atomic E-state index is 0.0938. The topological polar surface area (TPSA) is 69.4 Å². The molecule has 0 N–H and O–H groups in total. The summed E-state index contributed by atoms with van der Waals surface area (Å²) in [5.74, 6) is -0.0257. The first-order valence-electron chi connectivity index (χ1n) is 11.1. The number of rotatable bonds is 3. The number of fused-ring (bicyclic) bond motifs is 2. The van der Waals surface area contributed by atoms with Crippen molar-refractivity contribution in [1.29, 1.82) is 0 Å². The maximum Gasteiger partial charge on any atom is 0.416 e. The molecule has 0 saturated heterocycles. The maximum absolute atomic E-state index is 13.4. The average molecular weight is 484 g/mol. The van der Waals surface area contributed by atoms with Crippen molar-refractivity contribution in [3.63, 3.8) is 0 Å². The van der Waals surface area contributed by atoms with Crippen LogP contribution in [0.1, 0.15) is 41.2 Å². The van der Waals surface area contributed by atoms with Gasteiger partial charge < -0.3 is 18.8 Å². The van der Waals surface area contributed by atoms with Gasteiger partial charge in [0.1, 0.15) is 22.7 Å². The molecule has 1 aromatic carbocycles. The predicted molar refractivity (Wildman–Crippen MR) is 123 cm³/mol. The van der Waals surface area contributed by atoms with E-state index in [-0.39, 0.29) is 36.8 Å². The van der Waals surface area contributed by atoms with Gasteiger partial charge in [0, 0.05) is 31.4 Å². The van der Waals surface area contributed by atoms with E-state index in [1.807, 2.05) is 6.92 Å². The van der Waals surface area contributed by atoms with Crippen LogP contribution in [0.3, 0.4) is 0 Å². The second kappa shape index (κ2) is 7.86. The average Bonchev–Trinajstić information content (AvgIpc) is 3.20. The van der Waals surface area contributed by atoms with Gasteiger partial charge in [-0.05, 0) is 62.8 Å². The Morgan fingerprint density at radius 1 is 1.11 bits per heavy atom. The third-order valence-corrected chi connectivity index (χ3v) is 6.15. The van der Waals surface area contributed by atoms with Crippen molar-refractivity contribution >= 4 is 11.5 Å². The molecule has 0 fully saturated rings. The molecule has 1 amide bonds. The number of hydrogen-bond donors (Lipinski definition) is 0. The van der Waals surface area contributed by atoms with Crippen molar-refractivity contribution in [1.82, 2.24) is 19.0 Å². The number of aryl methyl sites for hydroxylation is 1. The van der Waals surface area contributed by atoms with Crippen molar-refractivity contribution in [3.05, 3.63) is 81.8 Å². The Hall–Kier alpha value is -3.82. The second-order valence-corrected chi connectivity index (χ2v) is 9.29. The largest absolute Gasteiger partial charge is 0.483 e. The maximum atomic E-state index is 13.4. The first-order chi connectivity index (χ1) is 16.4. The summed E-state index contributed by atoms with van der Waals surface area (Å²) in [4.78, 5) is 32.0. The van der Waals surface area contributed by atoms with Crippen LogP contribution in [-0.2, 0) is 12.7 Å². The molecule has 10 heteroatoms. The monoisotopic (exact) mass is 484 g/mol. The van der Waals surface area contributed by atoms with E-state index in [4.69, 9.17) is 4.74 Å². The predicted octanol–water partition coefficient (Wildman–Crippen LogP) is 4.07. The number of carbonyl (C=O) groups excluding carboxylic acids is 1. The highest BCUT2D eigenvalue weighted by molar-refractivity contribution is 5.94. The van der Waals surface area contributed by atoms with Gasteiger partial charge in [0.15, 0.2) is 0 Å². The molecule has 4 heterocycles. The number of ether oxygens (including phenoxy) is 1. The zero-order valence-corrected chi connectivity index (χ0v) is 19.4. The van der Waals surface area contributed by atoms with E-state index < -0.39 is 17.3 Å². The van der Waals surface area contributed by atoms with Crippen LogP contribution >= 0.6 is 0 Å². The number of halogens is 3. The first kappa shape index (κ1) is 22.9. The number of amides is 1. The fourth-order valence-electron chi connectivity index (χ4n) is 4.55. The van der Waals surface area contributed by atoms with Gasteiger partial charge in [0.05, 0.1) is 17.6 Å². The lowest BCUT2D eigenvalue weighted by atomic mass is 9.92. The molecule has 2 aromatic heterocycles. The van der Waals surface area contributed by atoms with Gasteiger partial charge in [-0.15, -0.1) is 0 Å². The van der Waals surface area contributed by atoms with Gasteiger partial charge >= 0.3 is 6.18 Å². The highest BCUT2D eigenvalue weighted by Crippen LogP contribution is 2.40. The summed E-state index contributed by atoms with van der Waals surface area (Å²) in [6.45, 7) is 6.03. The van der Waals surface area contributed by atoms with Crippen LogP contribution in [0.5, 0.6) is 5.75 Å². The molecule has 0 aliphatic carbocycles. The van der Waals surface area contributed by atoms with E-state index in [0.29, 0.717) is 22.6 Å². The lowest BCUT2D eigenvalue weighted by Crippen LogP contribution is -2.46. The molecule has 2 aliphatic heterocycles. The van der Waals surface area contributed by atoms with Crippen LogP contribution < -0.4 is 10.3 Å². The van der Waals surface area contributed by atoms with Gasteiger partial charge in [-0.2, -0.15) is 13.2 Å². The summed E-state index contributed by atoms with van der Waals surface area (Å²) in [5.41, 5.74) is 0.409. The molecule has 0 radical (unpaired) electrons. The molecule has 2 aliphatic rings. The third-order valence-electron chi connectivity index (χ3n) is 6.15. The Bertz CT molecular complexity index is 1430. The number of alkyl halides is 3. The molecule has 0 spiro atoms. The first-order valence-corrected chi connectivity index (χ1v) is 11.1. The molecular weight excluding hydrogens is 461 g/mol. The highest BCUT2D eigenvalue weighted by atomic mass is 19.4. The number of nitrogens with zero attached hydrogens (tertiary/aromatic N) is 4. The van der Waals surface area contributed by atoms with Gasteiger partial charge in [-0.25, -0.2) is 4.98 Å². The summed E-state index contributed by atoms with van der Waals surface area (Å²) in [6, 6.07) is 6.55. The number of hydrogen-bond acceptors (Lipinski definition) is 4. The smallest absolute Gasteiger partial charge is 0.416 e. The van der Waals surface area contributed by atoms with E-state index in [9.17, 15) is 22.8 Å². The van der Waals surface area contributed by atoms with Crippen LogP contribution in [0.2, 0.25) is 0 Å². The standard InChI is InChI=1S/C25H23F3N4O3/c1-15-12-31(14-29-15)19-5-6-20-22(33)30(8-9-32(20)23(19)34)13-16-11-24(2,3)35-21-7-4-17(10-18(16)21)25(26,27)28/h4-7,10-12,14H,8-9,13H2,1-3H3. The van der Waals surface area contributed by atoms with Crippen molar-refractivity contribution < 1.29 is 22.7 Å². The fraction of sp³-hybridized carbons (Fsp3) is 0.320. The van der Waals surface area contributed by atoms with E-state index in [1.165, 1.54) is 10.6 Å². The Kier molecular flexibility index (Phi) is 5.15. The lowest BCUT2D eigenvalue weighted by Gasteiger charge is -2.35. The van der Waals surface area contributed by atoms with Crippen LogP contribution in [0.25, 0.3) is 11.3 Å². The molecule has 35 heavy (non-hydrogen) atoms. The second-order valence-electron chi connectivity index (χ2n) is 9.29. The molecule has 0 bridgehead atoms. The summed E-state index contributed by atoms with van der Waals surface area (Å²) < 4.78 is 49.0. The number of pyridine rings is 1. The molecule has 0 atom stereocenters. The van der Waals surface area contributed by atoms with Gasteiger partial charge in [0.25, 0.3) is 11.5 Å². The van der Waals surface area contributed by atoms with Crippen LogP contribution in [0, 0.1) is 6.92 Å². The van der Waals surface area contributed by atoms with E-state index >= 15 is 0 Å². The number of carbonyl (C=O) groups is 1. The quantitative estimate of drug-likeness (QED) is 0.562. The summed E-state index contributed by atoms with van der Waals surface area (Å²) in [5, 5.41) is 0. The van der Waals surface area contributed by atoms with Crippen LogP contribution in [0.4, 0.5) is 13.2 Å². The van der Waals surface area contributed by atoms with Crippen molar-refractivity contribution in [2.75, 3.05) is 13.1 Å². The number of imidazole rings is 1. The lowest BCUT2D eigenvalue weighted by molar-refractivity contribution is -0.137.